The molecule has 230 valence electrons. The fraction of sp³-hybridized carbons (Fsp3) is 0.333. The van der Waals surface area contributed by atoms with E-state index in [1.165, 1.54) is 17.7 Å². The molecule has 0 aliphatic carbocycles. The highest BCUT2D eigenvalue weighted by Gasteiger charge is 2.33. The quantitative estimate of drug-likeness (QED) is 0.189. The van der Waals surface area contributed by atoms with Crippen molar-refractivity contribution in [2.24, 2.45) is 0 Å². The molecule has 2 atom stereocenters. The topological polar surface area (TPSA) is 103 Å². The smallest absolute Gasteiger partial charge is 0.305 e. The minimum Gasteiger partial charge on any atom is -0.481 e. The number of carbonyl (C=O) groups excluding carboxylic acids is 1. The molecule has 1 aliphatic rings. The van der Waals surface area contributed by atoms with Crippen LogP contribution in [-0.2, 0) is 24.2 Å². The van der Waals surface area contributed by atoms with Gasteiger partial charge in [-0.25, -0.2) is 4.39 Å². The summed E-state index contributed by atoms with van der Waals surface area (Å²) in [7, 11) is 0. The molecule has 3 N–H and O–H groups in total. The number of fused-ring (bicyclic) bond motifs is 1. The molecule has 1 amide bonds. The lowest BCUT2D eigenvalue weighted by Crippen LogP contribution is -2.37. The maximum Gasteiger partial charge on any atom is 0.305 e. The van der Waals surface area contributed by atoms with Crippen LogP contribution in [0.3, 0.4) is 0 Å². The van der Waals surface area contributed by atoms with Gasteiger partial charge in [-0.2, -0.15) is 0 Å². The van der Waals surface area contributed by atoms with Crippen LogP contribution in [0.2, 0.25) is 0 Å². The minimum atomic E-state index is -1.17. The Hall–Kier alpha value is -4.27. The molecule has 7 nitrogen and oxygen atoms in total. The molecule has 0 radical (unpaired) electrons. The summed E-state index contributed by atoms with van der Waals surface area (Å²) in [5.41, 5.74) is 6.88. The number of amides is 1. The third-order valence-electron chi connectivity index (χ3n) is 8.31. The van der Waals surface area contributed by atoms with Crippen molar-refractivity contribution < 1.29 is 29.3 Å². The van der Waals surface area contributed by atoms with Crippen LogP contribution in [-0.4, -0.2) is 55.4 Å². The van der Waals surface area contributed by atoms with Crippen molar-refractivity contribution in [3.8, 4) is 22.3 Å². The molecular formula is C36H39FN2O5. The Morgan fingerprint density at radius 3 is 2.14 bits per heavy atom. The van der Waals surface area contributed by atoms with Crippen LogP contribution < -0.4 is 0 Å². The monoisotopic (exact) mass is 598 g/mol. The van der Waals surface area contributed by atoms with Crippen LogP contribution in [0.1, 0.15) is 66.5 Å². The molecule has 4 aromatic rings. The van der Waals surface area contributed by atoms with Gasteiger partial charge in [0.2, 0.25) is 0 Å². The van der Waals surface area contributed by atoms with Crippen molar-refractivity contribution in [2.45, 2.75) is 70.7 Å². The van der Waals surface area contributed by atoms with Crippen LogP contribution in [0.5, 0.6) is 0 Å². The summed E-state index contributed by atoms with van der Waals surface area (Å²) < 4.78 is 16.2. The number of benzene rings is 3. The molecule has 3 aromatic carbocycles. The number of aromatic nitrogens is 1. The van der Waals surface area contributed by atoms with Gasteiger partial charge in [0.1, 0.15) is 11.5 Å². The third-order valence-corrected chi connectivity index (χ3v) is 8.31. The first-order valence-electron chi connectivity index (χ1n) is 15.2. The molecular weight excluding hydrogens is 559 g/mol. The molecule has 0 unspecified atom stereocenters. The highest BCUT2D eigenvalue weighted by atomic mass is 19.1. The van der Waals surface area contributed by atoms with Crippen molar-refractivity contribution in [1.82, 2.24) is 9.47 Å². The molecule has 5 rings (SSSR count). The Labute approximate surface area is 257 Å². The Balaban J connectivity index is 1.66. The van der Waals surface area contributed by atoms with Gasteiger partial charge in [-0.05, 0) is 73.9 Å². The first-order valence-corrected chi connectivity index (χ1v) is 15.2. The SMILES string of the molecule is CC(C)n1c(CC[C@@H](O)C[C@@H](O)CC(=O)O)c(-c2ccc(F)cc2)c(-c2ccccc2)c1C(=O)N1CCc2ccccc2C1. The first-order chi connectivity index (χ1) is 21.1. The fourth-order valence-corrected chi connectivity index (χ4v) is 6.32. The van der Waals surface area contributed by atoms with E-state index in [2.05, 4.69) is 12.1 Å². The molecule has 2 heterocycles. The number of halogens is 1. The van der Waals surface area contributed by atoms with Gasteiger partial charge in [0.05, 0.1) is 18.6 Å². The fourth-order valence-electron chi connectivity index (χ4n) is 6.32. The molecule has 0 fully saturated rings. The number of carbonyl (C=O) groups is 2. The largest absolute Gasteiger partial charge is 0.481 e. The molecule has 0 bridgehead atoms. The number of nitrogens with zero attached hydrogens (tertiary/aromatic N) is 2. The van der Waals surface area contributed by atoms with Crippen LogP contribution >= 0.6 is 0 Å². The summed E-state index contributed by atoms with van der Waals surface area (Å²) in [6.45, 7) is 5.10. The Morgan fingerprint density at radius 2 is 1.48 bits per heavy atom. The average molecular weight is 599 g/mol. The normalized spacial score (nSPS) is 14.4. The van der Waals surface area contributed by atoms with Crippen LogP contribution in [0.4, 0.5) is 4.39 Å². The zero-order chi connectivity index (χ0) is 31.4. The Kier molecular flexibility index (Phi) is 9.61. The van der Waals surface area contributed by atoms with Gasteiger partial charge in [0, 0.05) is 36.0 Å². The van der Waals surface area contributed by atoms with Gasteiger partial charge in [0.25, 0.3) is 5.91 Å². The number of hydrogen-bond acceptors (Lipinski definition) is 4. The van der Waals surface area contributed by atoms with Crippen LogP contribution in [0.15, 0.2) is 78.9 Å². The highest BCUT2D eigenvalue weighted by Crippen LogP contribution is 2.43. The van der Waals surface area contributed by atoms with Crippen molar-refractivity contribution in [3.63, 3.8) is 0 Å². The van der Waals surface area contributed by atoms with Crippen molar-refractivity contribution in [3.05, 3.63) is 107 Å². The van der Waals surface area contributed by atoms with Gasteiger partial charge in [0.15, 0.2) is 0 Å². The predicted octanol–water partition coefficient (Wildman–Crippen LogP) is 6.26. The van der Waals surface area contributed by atoms with Crippen molar-refractivity contribution in [2.75, 3.05) is 6.54 Å². The lowest BCUT2D eigenvalue weighted by Gasteiger charge is -2.30. The lowest BCUT2D eigenvalue weighted by atomic mass is 9.92. The molecule has 0 spiro atoms. The number of hydrogen-bond donors (Lipinski definition) is 3. The summed E-state index contributed by atoms with van der Waals surface area (Å²) >= 11 is 0. The van der Waals surface area contributed by atoms with E-state index in [-0.39, 0.29) is 30.6 Å². The maximum absolute atomic E-state index is 14.7. The molecule has 8 heteroatoms. The van der Waals surface area contributed by atoms with E-state index in [1.807, 2.05) is 65.8 Å². The number of aliphatic hydroxyl groups excluding tert-OH is 2. The second kappa shape index (κ2) is 13.6. The van der Waals surface area contributed by atoms with E-state index >= 15 is 0 Å². The molecule has 1 aliphatic heterocycles. The zero-order valence-electron chi connectivity index (χ0n) is 25.1. The van der Waals surface area contributed by atoms with Gasteiger partial charge in [-0.1, -0.05) is 66.7 Å². The second-order valence-electron chi connectivity index (χ2n) is 11.8. The molecule has 44 heavy (non-hydrogen) atoms. The number of rotatable bonds is 11. The zero-order valence-corrected chi connectivity index (χ0v) is 25.1. The van der Waals surface area contributed by atoms with Gasteiger partial charge >= 0.3 is 5.97 Å². The number of aliphatic carboxylic acids is 1. The summed E-state index contributed by atoms with van der Waals surface area (Å²) in [5.74, 6) is -1.60. The van der Waals surface area contributed by atoms with E-state index in [4.69, 9.17) is 5.11 Å². The van der Waals surface area contributed by atoms with Crippen molar-refractivity contribution in [1.29, 1.82) is 0 Å². The maximum atomic E-state index is 14.7. The van der Waals surface area contributed by atoms with Gasteiger partial charge in [-0.3, -0.25) is 9.59 Å². The van der Waals surface area contributed by atoms with Gasteiger partial charge in [-0.15, -0.1) is 0 Å². The molecule has 0 saturated carbocycles. The summed E-state index contributed by atoms with van der Waals surface area (Å²) in [5, 5.41) is 30.0. The standard InChI is InChI=1S/C36H39FN2O5/c1-23(2)39-31(17-16-29(40)20-30(41)21-32(42)43)33(26-12-14-28(37)15-13-26)34(25-9-4-3-5-10-25)35(39)36(44)38-19-18-24-8-6-7-11-27(24)22-38/h3-15,23,29-30,40-41H,16-22H2,1-2H3,(H,42,43)/t29-,30-/m1/s1. The molecule has 1 aromatic heterocycles. The van der Waals surface area contributed by atoms with Crippen LogP contribution in [0.25, 0.3) is 22.3 Å². The number of aliphatic hydroxyl groups is 2. The van der Waals surface area contributed by atoms with Gasteiger partial charge < -0.3 is 24.8 Å². The van der Waals surface area contributed by atoms with E-state index < -0.39 is 24.6 Å². The van der Waals surface area contributed by atoms with E-state index in [0.29, 0.717) is 25.2 Å². The average Bonchev–Trinajstić information content (AvgIpc) is 3.35. The van der Waals surface area contributed by atoms with Crippen LogP contribution in [0, 0.1) is 5.82 Å². The lowest BCUT2D eigenvalue weighted by molar-refractivity contribution is -0.139. The first kappa shape index (κ1) is 31.2. The number of carboxylic acids is 1. The van der Waals surface area contributed by atoms with E-state index in [9.17, 15) is 24.2 Å². The summed E-state index contributed by atoms with van der Waals surface area (Å²) in [4.78, 5) is 27.6. The summed E-state index contributed by atoms with van der Waals surface area (Å²) in [6.07, 6.45) is -1.31. The number of carboxylic acid groups (broad SMARTS) is 1. The third kappa shape index (κ3) is 6.77. The van der Waals surface area contributed by atoms with E-state index in [0.717, 1.165) is 39.9 Å². The summed E-state index contributed by atoms with van der Waals surface area (Å²) in [6, 6.07) is 24.0. The minimum absolute atomic E-state index is 0.0783. The highest BCUT2D eigenvalue weighted by molar-refractivity contribution is 6.05. The van der Waals surface area contributed by atoms with Crippen molar-refractivity contribution >= 4 is 11.9 Å². The Bertz CT molecular complexity index is 1610. The predicted molar refractivity (Wildman–Crippen MR) is 168 cm³/mol. The second-order valence-corrected chi connectivity index (χ2v) is 11.8. The Morgan fingerprint density at radius 1 is 0.841 bits per heavy atom. The molecule has 0 saturated heterocycles. The van der Waals surface area contributed by atoms with E-state index in [1.54, 1.807) is 12.1 Å².